The molecule has 3 unspecified atom stereocenters. The molecule has 0 radical (unpaired) electrons. The smallest absolute Gasteiger partial charge is 0.277 e. The monoisotopic (exact) mass is 295 g/mol. The number of aromatic amines is 1. The lowest BCUT2D eigenvalue weighted by molar-refractivity contribution is 0.0785. The third kappa shape index (κ3) is 2.44. The molecule has 0 bridgehead atoms. The molecule has 1 aromatic rings. The summed E-state index contributed by atoms with van der Waals surface area (Å²) in [5.41, 5.74) is 5.82. The van der Waals surface area contributed by atoms with E-state index in [0.29, 0.717) is 18.2 Å². The number of rotatable bonds is 3. The lowest BCUT2D eigenvalue weighted by Crippen LogP contribution is -2.43. The Bertz CT molecular complexity index is 575. The molecule has 21 heavy (non-hydrogen) atoms. The van der Waals surface area contributed by atoms with Gasteiger partial charge >= 0.3 is 0 Å². The lowest BCUT2D eigenvalue weighted by Gasteiger charge is -2.39. The molecule has 116 valence electrons. The van der Waals surface area contributed by atoms with Crippen molar-refractivity contribution < 1.29 is 10.2 Å². The van der Waals surface area contributed by atoms with Gasteiger partial charge in [-0.05, 0) is 31.1 Å². The van der Waals surface area contributed by atoms with Crippen LogP contribution in [0.3, 0.4) is 0 Å². The van der Waals surface area contributed by atoms with Gasteiger partial charge in [-0.1, -0.05) is 0 Å². The van der Waals surface area contributed by atoms with E-state index in [9.17, 15) is 15.0 Å². The summed E-state index contributed by atoms with van der Waals surface area (Å²) in [5, 5.41) is 21.9. The van der Waals surface area contributed by atoms with Crippen molar-refractivity contribution in [2.75, 3.05) is 35.8 Å². The summed E-state index contributed by atoms with van der Waals surface area (Å²) in [7, 11) is 0. The largest absolute Gasteiger partial charge is 0.396 e. The summed E-state index contributed by atoms with van der Waals surface area (Å²) in [6.07, 6.45) is 2.53. The number of nitrogens with one attached hydrogen (secondary N) is 2. The van der Waals surface area contributed by atoms with Crippen molar-refractivity contribution in [2.24, 2.45) is 11.8 Å². The van der Waals surface area contributed by atoms with Gasteiger partial charge in [-0.15, -0.1) is 0 Å². The van der Waals surface area contributed by atoms with Crippen molar-refractivity contribution in [1.82, 2.24) is 9.97 Å². The Morgan fingerprint density at radius 2 is 2.05 bits per heavy atom. The molecule has 2 heterocycles. The van der Waals surface area contributed by atoms with Crippen LogP contribution in [0, 0.1) is 11.8 Å². The first-order chi connectivity index (χ1) is 10.1. The van der Waals surface area contributed by atoms with Gasteiger partial charge in [0.2, 0.25) is 5.95 Å². The zero-order valence-electron chi connectivity index (χ0n) is 11.7. The predicted molar refractivity (Wildman–Crippen MR) is 79.0 cm³/mol. The van der Waals surface area contributed by atoms with Crippen molar-refractivity contribution in [1.29, 1.82) is 0 Å². The second-order valence-corrected chi connectivity index (χ2v) is 5.81. The molecule has 0 amide bonds. The van der Waals surface area contributed by atoms with Gasteiger partial charge in [0.1, 0.15) is 5.69 Å². The van der Waals surface area contributed by atoms with Crippen molar-refractivity contribution in [2.45, 2.75) is 25.3 Å². The molecule has 3 atom stereocenters. The average Bonchev–Trinajstić information content (AvgIpc) is 2.90. The quantitative estimate of drug-likeness (QED) is 0.499. The number of hydrogen-bond acceptors (Lipinski definition) is 7. The van der Waals surface area contributed by atoms with Crippen molar-refractivity contribution in [3.05, 3.63) is 10.4 Å². The Balaban J connectivity index is 1.83. The Kier molecular flexibility index (Phi) is 3.73. The number of fused-ring (bicyclic) bond motifs is 1. The Hall–Kier alpha value is -1.80. The van der Waals surface area contributed by atoms with Crippen molar-refractivity contribution in [3.8, 4) is 0 Å². The van der Waals surface area contributed by atoms with Crippen LogP contribution in [0.5, 0.6) is 0 Å². The van der Waals surface area contributed by atoms with Crippen LogP contribution in [0.15, 0.2) is 4.79 Å². The zero-order chi connectivity index (χ0) is 15.0. The molecular weight excluding hydrogens is 274 g/mol. The van der Waals surface area contributed by atoms with Crippen molar-refractivity contribution >= 4 is 17.5 Å². The molecule has 3 rings (SSSR count). The Labute approximate surface area is 122 Å². The van der Waals surface area contributed by atoms with E-state index in [0.717, 1.165) is 19.3 Å². The molecule has 8 nitrogen and oxygen atoms in total. The lowest BCUT2D eigenvalue weighted by atomic mass is 9.77. The summed E-state index contributed by atoms with van der Waals surface area (Å²) >= 11 is 0. The van der Waals surface area contributed by atoms with Crippen LogP contribution >= 0.6 is 0 Å². The first kappa shape index (κ1) is 14.2. The minimum atomic E-state index is -0.261. The number of aliphatic hydroxyl groups excluding tert-OH is 2. The first-order valence-electron chi connectivity index (χ1n) is 7.26. The second kappa shape index (κ2) is 5.53. The molecule has 1 aromatic heterocycles. The Morgan fingerprint density at radius 3 is 2.76 bits per heavy atom. The molecule has 6 N–H and O–H groups in total. The Morgan fingerprint density at radius 1 is 1.29 bits per heavy atom. The number of anilines is 3. The molecule has 1 fully saturated rings. The van der Waals surface area contributed by atoms with Gasteiger partial charge in [-0.3, -0.25) is 9.78 Å². The first-order valence-corrected chi connectivity index (χ1v) is 7.26. The molecule has 1 aliphatic carbocycles. The molecule has 8 heteroatoms. The fraction of sp³-hybridized carbons (Fsp3) is 0.692. The fourth-order valence-electron chi connectivity index (χ4n) is 3.44. The van der Waals surface area contributed by atoms with Gasteiger partial charge in [0.05, 0.1) is 6.67 Å². The number of H-pyrrole nitrogens is 1. The minimum Gasteiger partial charge on any atom is -0.396 e. The molecular formula is C13H21N5O3. The summed E-state index contributed by atoms with van der Waals surface area (Å²) in [6, 6.07) is 0.187. The van der Waals surface area contributed by atoms with E-state index in [1.165, 1.54) is 0 Å². The third-order valence-electron chi connectivity index (χ3n) is 4.64. The van der Waals surface area contributed by atoms with Crippen LogP contribution < -0.4 is 21.5 Å². The predicted octanol–water partition coefficient (Wildman–Crippen LogP) is -0.689. The number of nitrogens with two attached hydrogens (primary N) is 1. The van der Waals surface area contributed by atoms with Gasteiger partial charge in [0, 0.05) is 19.3 Å². The van der Waals surface area contributed by atoms with E-state index in [1.807, 2.05) is 4.90 Å². The highest BCUT2D eigenvalue weighted by molar-refractivity contribution is 5.71. The van der Waals surface area contributed by atoms with E-state index in [-0.39, 0.29) is 42.6 Å². The maximum absolute atomic E-state index is 11.8. The van der Waals surface area contributed by atoms with Gasteiger partial charge in [-0.25, -0.2) is 0 Å². The topological polar surface area (TPSA) is 128 Å². The summed E-state index contributed by atoms with van der Waals surface area (Å²) in [5.74, 6) is 0.922. The van der Waals surface area contributed by atoms with Gasteiger partial charge in [0.25, 0.3) is 5.56 Å². The van der Waals surface area contributed by atoms with Crippen molar-refractivity contribution in [3.63, 3.8) is 0 Å². The van der Waals surface area contributed by atoms with E-state index in [4.69, 9.17) is 5.73 Å². The average molecular weight is 295 g/mol. The van der Waals surface area contributed by atoms with Crippen LogP contribution in [-0.2, 0) is 0 Å². The summed E-state index contributed by atoms with van der Waals surface area (Å²) in [6.45, 7) is 0.694. The SMILES string of the molecule is Nc1nc2c(c(=O)[nH]1)NCN2C1CCC(CO)C(CO)C1. The molecule has 1 saturated carbocycles. The fourth-order valence-corrected chi connectivity index (χ4v) is 3.44. The summed E-state index contributed by atoms with van der Waals surface area (Å²) < 4.78 is 0. The van der Waals surface area contributed by atoms with Crippen LogP contribution in [0.2, 0.25) is 0 Å². The third-order valence-corrected chi connectivity index (χ3v) is 4.64. The van der Waals surface area contributed by atoms with Crippen LogP contribution in [0.4, 0.5) is 17.5 Å². The van der Waals surface area contributed by atoms with Crippen LogP contribution in [0.25, 0.3) is 0 Å². The minimum absolute atomic E-state index is 0.0702. The summed E-state index contributed by atoms with van der Waals surface area (Å²) in [4.78, 5) is 20.6. The second-order valence-electron chi connectivity index (χ2n) is 5.81. The van der Waals surface area contributed by atoms with E-state index < -0.39 is 0 Å². The number of aliphatic hydroxyl groups is 2. The van der Waals surface area contributed by atoms with Crippen LogP contribution in [0.1, 0.15) is 19.3 Å². The van der Waals surface area contributed by atoms with E-state index in [2.05, 4.69) is 15.3 Å². The molecule has 0 aromatic carbocycles. The highest BCUT2D eigenvalue weighted by Crippen LogP contribution is 2.37. The molecule has 1 aliphatic heterocycles. The highest BCUT2D eigenvalue weighted by atomic mass is 16.3. The number of nitrogens with zero attached hydrogens (tertiary/aromatic N) is 2. The molecule has 0 saturated heterocycles. The molecule has 0 spiro atoms. The number of nitrogen functional groups attached to an aromatic ring is 1. The maximum atomic E-state index is 11.8. The normalized spacial score (nSPS) is 28.3. The standard InChI is InChI=1S/C13H21N5O3/c14-13-16-11-10(12(21)17-13)15-6-18(11)9-2-1-7(4-19)8(3-9)5-20/h7-9,15,19-20H,1-6H2,(H3,14,16,17,21). The number of hydrogen-bond donors (Lipinski definition) is 5. The number of aromatic nitrogens is 2. The maximum Gasteiger partial charge on any atom is 0.277 e. The van der Waals surface area contributed by atoms with E-state index >= 15 is 0 Å². The highest BCUT2D eigenvalue weighted by Gasteiger charge is 2.36. The molecule has 2 aliphatic rings. The van der Waals surface area contributed by atoms with E-state index in [1.54, 1.807) is 0 Å². The van der Waals surface area contributed by atoms with Crippen LogP contribution in [-0.4, -0.2) is 46.1 Å². The van der Waals surface area contributed by atoms with Gasteiger partial charge in [0.15, 0.2) is 5.82 Å². The zero-order valence-corrected chi connectivity index (χ0v) is 11.7. The van der Waals surface area contributed by atoms with Gasteiger partial charge in [-0.2, -0.15) is 4.98 Å². The van der Waals surface area contributed by atoms with Gasteiger partial charge < -0.3 is 26.2 Å².